The Hall–Kier alpha value is -2.90. The minimum absolute atomic E-state index is 0.0166. The van der Waals surface area contributed by atoms with Gasteiger partial charge in [-0.15, -0.1) is 0 Å². The molecule has 0 amide bonds. The maximum absolute atomic E-state index is 10.7. The molecule has 0 radical (unpaired) electrons. The predicted octanol–water partition coefficient (Wildman–Crippen LogP) is 5.24. The third-order valence-corrected chi connectivity index (χ3v) is 8.46. The molecule has 4 rings (SSSR count). The highest BCUT2D eigenvalue weighted by Crippen LogP contribution is 2.40. The summed E-state index contributed by atoms with van der Waals surface area (Å²) in [6.07, 6.45) is 10.6. The summed E-state index contributed by atoms with van der Waals surface area (Å²) >= 11 is 0. The van der Waals surface area contributed by atoms with Crippen LogP contribution < -0.4 is 0 Å². The van der Waals surface area contributed by atoms with Gasteiger partial charge in [0.15, 0.2) is 0 Å². The summed E-state index contributed by atoms with van der Waals surface area (Å²) in [6.45, 7) is 8.61. The number of hydrogen-bond acceptors (Lipinski definition) is 7. The zero-order valence-electron chi connectivity index (χ0n) is 20.2. The number of fused-ring (bicyclic) bond motifs is 1. The van der Waals surface area contributed by atoms with Crippen molar-refractivity contribution in [2.45, 2.75) is 64.1 Å². The highest BCUT2D eigenvalue weighted by Gasteiger charge is 2.32. The van der Waals surface area contributed by atoms with Crippen LogP contribution in [0, 0.1) is 28.1 Å². The molecule has 1 aliphatic carbocycles. The van der Waals surface area contributed by atoms with E-state index < -0.39 is 8.07 Å². The van der Waals surface area contributed by atoms with Crippen molar-refractivity contribution >= 4 is 19.1 Å². The van der Waals surface area contributed by atoms with Crippen LogP contribution in [0.3, 0.4) is 0 Å². The molecule has 180 valence electrons. The van der Waals surface area contributed by atoms with Crippen LogP contribution in [0.1, 0.15) is 31.7 Å². The standard InChI is InChI=1S/C24H33N7O2Si/c1-34(2,3)11-10-33-17-30-9-7-21-23(26-16-27-24(21)30)20-14-28-31(15-20)22(6-8-25)19-5-4-18(12-19)13-29-32/h7,9,14-16,18-19,22H,4-6,10-13,17H2,1-3H3. The van der Waals surface area contributed by atoms with Crippen LogP contribution in [-0.2, 0) is 11.5 Å². The number of nitroso groups, excluding NO2 is 1. The zero-order valence-corrected chi connectivity index (χ0v) is 21.2. The lowest BCUT2D eigenvalue weighted by Crippen LogP contribution is -2.22. The van der Waals surface area contributed by atoms with E-state index in [-0.39, 0.29) is 6.04 Å². The lowest BCUT2D eigenvalue weighted by atomic mass is 9.94. The lowest BCUT2D eigenvalue weighted by molar-refractivity contribution is 0.0899. The quantitative estimate of drug-likeness (QED) is 0.211. The van der Waals surface area contributed by atoms with Gasteiger partial charge < -0.3 is 9.30 Å². The van der Waals surface area contributed by atoms with Crippen LogP contribution in [0.25, 0.3) is 22.3 Å². The summed E-state index contributed by atoms with van der Waals surface area (Å²) in [5.74, 6) is 0.631. The van der Waals surface area contributed by atoms with Crippen molar-refractivity contribution in [3.05, 3.63) is 35.9 Å². The monoisotopic (exact) mass is 479 g/mol. The highest BCUT2D eigenvalue weighted by atomic mass is 28.3. The van der Waals surface area contributed by atoms with Crippen molar-refractivity contribution in [1.82, 2.24) is 24.3 Å². The normalized spacial score (nSPS) is 19.4. The van der Waals surface area contributed by atoms with Crippen LogP contribution in [0.4, 0.5) is 0 Å². The fraction of sp³-hybridized carbons (Fsp3) is 0.583. The van der Waals surface area contributed by atoms with Gasteiger partial charge in [0.25, 0.3) is 0 Å². The molecule has 3 unspecified atom stereocenters. The van der Waals surface area contributed by atoms with Crippen molar-refractivity contribution in [2.24, 2.45) is 17.0 Å². The van der Waals surface area contributed by atoms with Gasteiger partial charge in [-0.1, -0.05) is 24.8 Å². The lowest BCUT2D eigenvalue weighted by Gasteiger charge is -2.21. The van der Waals surface area contributed by atoms with E-state index in [4.69, 9.17) is 4.74 Å². The fourth-order valence-corrected chi connectivity index (χ4v) is 5.58. The summed E-state index contributed by atoms with van der Waals surface area (Å²) < 4.78 is 9.83. The highest BCUT2D eigenvalue weighted by molar-refractivity contribution is 6.76. The van der Waals surface area contributed by atoms with Crippen LogP contribution >= 0.6 is 0 Å². The molecule has 3 aromatic rings. The second-order valence-corrected chi connectivity index (χ2v) is 16.1. The van der Waals surface area contributed by atoms with Gasteiger partial charge in [0, 0.05) is 38.0 Å². The van der Waals surface area contributed by atoms with Gasteiger partial charge in [-0.2, -0.15) is 15.3 Å². The van der Waals surface area contributed by atoms with Crippen molar-refractivity contribution in [3.63, 3.8) is 0 Å². The molecule has 0 spiro atoms. The molecule has 0 saturated heterocycles. The second kappa shape index (κ2) is 10.6. The van der Waals surface area contributed by atoms with Crippen molar-refractivity contribution in [1.29, 1.82) is 5.26 Å². The third-order valence-electron chi connectivity index (χ3n) is 6.76. The van der Waals surface area contributed by atoms with E-state index >= 15 is 0 Å². The number of ether oxygens (including phenoxy) is 1. The first kappa shape index (κ1) is 24.2. The molecule has 0 N–H and O–H groups in total. The van der Waals surface area contributed by atoms with Gasteiger partial charge in [0.2, 0.25) is 0 Å². The Morgan fingerprint density at radius 3 is 2.94 bits per heavy atom. The Kier molecular flexibility index (Phi) is 7.53. The minimum Gasteiger partial charge on any atom is -0.361 e. The molecular formula is C24H33N7O2Si. The molecule has 1 aliphatic rings. The Bertz CT molecular complexity index is 1160. The van der Waals surface area contributed by atoms with E-state index in [1.807, 2.05) is 33.9 Å². The van der Waals surface area contributed by atoms with Crippen molar-refractivity contribution < 1.29 is 4.74 Å². The van der Waals surface area contributed by atoms with Gasteiger partial charge in [0.05, 0.1) is 37.0 Å². The molecule has 3 atom stereocenters. The molecule has 9 nitrogen and oxygen atoms in total. The molecular weight excluding hydrogens is 446 g/mol. The van der Waals surface area contributed by atoms with E-state index in [1.165, 1.54) is 0 Å². The van der Waals surface area contributed by atoms with Crippen LogP contribution in [0.5, 0.6) is 0 Å². The Balaban J connectivity index is 1.52. The first-order chi connectivity index (χ1) is 16.4. The van der Waals surface area contributed by atoms with E-state index in [0.717, 1.165) is 54.2 Å². The molecule has 34 heavy (non-hydrogen) atoms. The maximum Gasteiger partial charge on any atom is 0.145 e. The van der Waals surface area contributed by atoms with E-state index in [0.29, 0.717) is 31.5 Å². The average molecular weight is 480 g/mol. The van der Waals surface area contributed by atoms with E-state index in [1.54, 1.807) is 6.33 Å². The second-order valence-electron chi connectivity index (χ2n) is 10.5. The molecule has 0 bridgehead atoms. The Morgan fingerprint density at radius 1 is 1.32 bits per heavy atom. The van der Waals surface area contributed by atoms with Crippen molar-refractivity contribution in [2.75, 3.05) is 13.2 Å². The Morgan fingerprint density at radius 2 is 2.18 bits per heavy atom. The smallest absolute Gasteiger partial charge is 0.145 e. The van der Waals surface area contributed by atoms with Gasteiger partial charge in [0.1, 0.15) is 18.7 Å². The fourth-order valence-electron chi connectivity index (χ4n) is 4.82. The predicted molar refractivity (Wildman–Crippen MR) is 134 cm³/mol. The first-order valence-electron chi connectivity index (χ1n) is 12.0. The number of rotatable bonds is 11. The SMILES string of the molecule is C[Si](C)(C)CCOCn1ccc2c(-c3cnn(C(CC#N)C4CCC(CN=O)C4)c3)ncnc21. The summed E-state index contributed by atoms with van der Waals surface area (Å²) in [4.78, 5) is 19.7. The molecule has 3 aromatic heterocycles. The maximum atomic E-state index is 10.7. The summed E-state index contributed by atoms with van der Waals surface area (Å²) in [6, 6.07) is 5.45. The van der Waals surface area contributed by atoms with Gasteiger partial charge >= 0.3 is 0 Å². The van der Waals surface area contributed by atoms with Crippen molar-refractivity contribution in [3.8, 4) is 17.3 Å². The minimum atomic E-state index is -1.13. The molecule has 3 heterocycles. The van der Waals surface area contributed by atoms with Crippen LogP contribution in [0.15, 0.2) is 36.2 Å². The summed E-state index contributed by atoms with van der Waals surface area (Å²) in [5.41, 5.74) is 2.55. The summed E-state index contributed by atoms with van der Waals surface area (Å²) in [7, 11) is -1.13. The molecule has 1 fully saturated rings. The molecule has 1 saturated carbocycles. The number of nitriles is 1. The van der Waals surface area contributed by atoms with Gasteiger partial charge in [-0.05, 0) is 43.2 Å². The van der Waals surface area contributed by atoms with Crippen LogP contribution in [0.2, 0.25) is 25.7 Å². The van der Waals surface area contributed by atoms with Crippen LogP contribution in [-0.4, -0.2) is 45.5 Å². The molecule has 0 aromatic carbocycles. The van der Waals surface area contributed by atoms with E-state index in [2.05, 4.69) is 46.0 Å². The number of nitrogens with zero attached hydrogens (tertiary/aromatic N) is 7. The van der Waals surface area contributed by atoms with Gasteiger partial charge in [-0.25, -0.2) is 9.97 Å². The molecule has 10 heteroatoms. The molecule has 0 aliphatic heterocycles. The Labute approximate surface area is 201 Å². The van der Waals surface area contributed by atoms with E-state index in [9.17, 15) is 10.2 Å². The number of hydrogen-bond donors (Lipinski definition) is 0. The zero-order chi connectivity index (χ0) is 24.1. The summed E-state index contributed by atoms with van der Waals surface area (Å²) in [5, 5.41) is 18.1. The average Bonchev–Trinajstić information content (AvgIpc) is 3.55. The number of aromatic nitrogens is 5. The van der Waals surface area contributed by atoms with Gasteiger partial charge in [-0.3, -0.25) is 4.68 Å². The first-order valence-corrected chi connectivity index (χ1v) is 15.7. The topological polar surface area (TPSA) is 111 Å². The third kappa shape index (κ3) is 5.59. The largest absolute Gasteiger partial charge is 0.361 e.